The van der Waals surface area contributed by atoms with Crippen LogP contribution in [0.15, 0.2) is 34.7 Å². The molecule has 2 aromatic rings. The van der Waals surface area contributed by atoms with Crippen LogP contribution in [0, 0.1) is 10.1 Å². The number of nitro groups is 1. The van der Waals surface area contributed by atoms with Crippen LogP contribution in [0.3, 0.4) is 0 Å². The number of carbonyl (C=O) groups excluding carboxylic acids is 2. The van der Waals surface area contributed by atoms with Crippen LogP contribution in [0.5, 0.6) is 5.75 Å². The van der Waals surface area contributed by atoms with E-state index in [4.69, 9.17) is 21.4 Å². The molecule has 0 saturated carbocycles. The average Bonchev–Trinajstić information content (AvgIpc) is 3.12. The molecule has 1 heterocycles. The van der Waals surface area contributed by atoms with E-state index < -0.39 is 22.7 Å². The zero-order chi connectivity index (χ0) is 20.8. The van der Waals surface area contributed by atoms with Crippen LogP contribution in [0.2, 0.25) is 0 Å². The Morgan fingerprint density at radius 3 is 2.64 bits per heavy atom. The highest BCUT2D eigenvalue weighted by atomic mass is 32.1. The summed E-state index contributed by atoms with van der Waals surface area (Å²) in [5.74, 6) is -2.64. The molecule has 10 nitrogen and oxygen atoms in total. The highest BCUT2D eigenvalue weighted by molar-refractivity contribution is 7.80. The van der Waals surface area contributed by atoms with Crippen LogP contribution in [-0.4, -0.2) is 33.1 Å². The number of hydrogen-bond acceptors (Lipinski definition) is 8. The van der Waals surface area contributed by atoms with Crippen molar-refractivity contribution in [2.24, 2.45) is 0 Å². The van der Waals surface area contributed by atoms with E-state index in [9.17, 15) is 24.8 Å². The van der Waals surface area contributed by atoms with Crippen molar-refractivity contribution in [1.29, 1.82) is 0 Å². The van der Waals surface area contributed by atoms with E-state index in [1.165, 1.54) is 18.2 Å². The number of hydrogen-bond donors (Lipinski definition) is 3. The van der Waals surface area contributed by atoms with Crippen LogP contribution >= 0.6 is 12.2 Å². The fraction of sp³-hybridized carbons (Fsp3) is 0.235. The lowest BCUT2D eigenvalue weighted by Crippen LogP contribution is -2.33. The molecule has 0 bridgehead atoms. The van der Waals surface area contributed by atoms with Gasteiger partial charge < -0.3 is 19.6 Å². The van der Waals surface area contributed by atoms with E-state index in [2.05, 4.69) is 10.6 Å². The minimum atomic E-state index is -0.788. The topological polar surface area (TPSA) is 144 Å². The number of rotatable bonds is 6. The number of anilines is 1. The predicted molar refractivity (Wildman–Crippen MR) is 102 cm³/mol. The lowest BCUT2D eigenvalue weighted by atomic mass is 10.2. The van der Waals surface area contributed by atoms with E-state index in [-0.39, 0.29) is 28.3 Å². The highest BCUT2D eigenvalue weighted by Gasteiger charge is 2.19. The fourth-order valence-electron chi connectivity index (χ4n) is 1.99. The zero-order valence-corrected chi connectivity index (χ0v) is 15.7. The number of furan rings is 1. The van der Waals surface area contributed by atoms with Crippen LogP contribution < -0.4 is 10.6 Å². The minimum absolute atomic E-state index is 0.0105. The van der Waals surface area contributed by atoms with Gasteiger partial charge in [0.15, 0.2) is 10.9 Å². The van der Waals surface area contributed by atoms with Crippen molar-refractivity contribution < 1.29 is 28.8 Å². The monoisotopic (exact) mass is 407 g/mol. The van der Waals surface area contributed by atoms with Gasteiger partial charge in [0.2, 0.25) is 0 Å². The Bertz CT molecular complexity index is 925. The zero-order valence-electron chi connectivity index (χ0n) is 14.9. The number of esters is 1. The highest BCUT2D eigenvalue weighted by Crippen LogP contribution is 2.23. The van der Waals surface area contributed by atoms with Gasteiger partial charge in [-0.1, -0.05) is 6.92 Å². The molecule has 0 aliphatic heterocycles. The molecule has 28 heavy (non-hydrogen) atoms. The van der Waals surface area contributed by atoms with E-state index in [1.54, 1.807) is 6.92 Å². The SMILES string of the molecule is CCC(C)OC(=O)c1ccc(NC(=S)NC(=O)c2ccc([N+](=O)[O-])o2)cc1O. The summed E-state index contributed by atoms with van der Waals surface area (Å²) in [6.07, 6.45) is 0.351. The second kappa shape index (κ2) is 8.95. The van der Waals surface area contributed by atoms with Crippen LogP contribution in [0.1, 0.15) is 41.2 Å². The molecule has 0 fully saturated rings. The van der Waals surface area contributed by atoms with Gasteiger partial charge in [0.05, 0.1) is 12.2 Å². The van der Waals surface area contributed by atoms with Gasteiger partial charge in [-0.05, 0) is 43.8 Å². The van der Waals surface area contributed by atoms with E-state index in [1.807, 2.05) is 6.92 Å². The molecule has 0 radical (unpaired) electrons. The van der Waals surface area contributed by atoms with Crippen LogP contribution in [-0.2, 0) is 4.74 Å². The van der Waals surface area contributed by atoms with Gasteiger partial charge in [-0.25, -0.2) is 4.79 Å². The first kappa shape index (κ1) is 20.8. The summed E-state index contributed by atoms with van der Waals surface area (Å²) >= 11 is 4.98. The maximum atomic E-state index is 12.0. The minimum Gasteiger partial charge on any atom is -0.507 e. The standard InChI is InChI=1S/C17H17N3O7S/c1-3-9(2)26-16(23)11-5-4-10(8-12(11)21)18-17(28)19-15(22)13-6-7-14(27-13)20(24)25/h4-9,21H,3H2,1-2H3,(H2,18,19,22,28). The summed E-state index contributed by atoms with van der Waals surface area (Å²) in [5.41, 5.74) is 0.289. The molecule has 0 aliphatic carbocycles. The predicted octanol–water partition coefficient (Wildman–Crippen LogP) is 2.98. The number of nitrogens with one attached hydrogen (secondary N) is 2. The Labute approximate surface area is 164 Å². The normalized spacial score (nSPS) is 11.4. The molecule has 0 saturated heterocycles. The van der Waals surface area contributed by atoms with Crippen molar-refractivity contribution in [3.05, 3.63) is 51.8 Å². The van der Waals surface area contributed by atoms with E-state index in [0.29, 0.717) is 12.1 Å². The number of carbonyl (C=O) groups is 2. The lowest BCUT2D eigenvalue weighted by molar-refractivity contribution is -0.402. The van der Waals surface area contributed by atoms with Crippen molar-refractivity contribution in [1.82, 2.24) is 5.32 Å². The fourth-order valence-corrected chi connectivity index (χ4v) is 2.20. The molecular weight excluding hydrogens is 390 g/mol. The summed E-state index contributed by atoms with van der Waals surface area (Å²) in [5, 5.41) is 25.4. The molecule has 1 amide bonds. The molecule has 148 valence electrons. The van der Waals surface area contributed by atoms with Crippen LogP contribution in [0.25, 0.3) is 0 Å². The molecule has 1 aromatic heterocycles. The Balaban J connectivity index is 1.99. The number of thiocarbonyl (C=S) groups is 1. The number of ether oxygens (including phenoxy) is 1. The third kappa shape index (κ3) is 5.27. The second-order valence-corrected chi connectivity index (χ2v) is 6.07. The van der Waals surface area contributed by atoms with Crippen molar-refractivity contribution in [2.75, 3.05) is 5.32 Å². The van der Waals surface area contributed by atoms with Gasteiger partial charge in [-0.3, -0.25) is 20.2 Å². The second-order valence-electron chi connectivity index (χ2n) is 5.66. The van der Waals surface area contributed by atoms with Gasteiger partial charge >= 0.3 is 11.9 Å². The van der Waals surface area contributed by atoms with Gasteiger partial charge in [-0.2, -0.15) is 0 Å². The summed E-state index contributed by atoms with van der Waals surface area (Å²) in [4.78, 5) is 33.7. The van der Waals surface area contributed by atoms with Crippen molar-refractivity contribution in [3.63, 3.8) is 0 Å². The molecule has 0 spiro atoms. The molecular formula is C17H17N3O7S. The maximum Gasteiger partial charge on any atom is 0.433 e. The Kier molecular flexibility index (Phi) is 6.66. The molecule has 3 N–H and O–H groups in total. The summed E-state index contributed by atoms with van der Waals surface area (Å²) in [6, 6.07) is 6.23. The first-order valence-electron chi connectivity index (χ1n) is 8.11. The Morgan fingerprint density at radius 2 is 2.07 bits per heavy atom. The third-order valence-corrected chi connectivity index (χ3v) is 3.79. The number of benzene rings is 1. The first-order chi connectivity index (χ1) is 13.2. The van der Waals surface area contributed by atoms with Crippen molar-refractivity contribution in [2.45, 2.75) is 26.4 Å². The molecule has 1 atom stereocenters. The van der Waals surface area contributed by atoms with Gasteiger partial charge in [0.25, 0.3) is 5.91 Å². The van der Waals surface area contributed by atoms with Gasteiger partial charge in [0.1, 0.15) is 16.2 Å². The molecule has 0 aliphatic rings. The summed E-state index contributed by atoms with van der Waals surface area (Å²) in [7, 11) is 0. The smallest absolute Gasteiger partial charge is 0.433 e. The Morgan fingerprint density at radius 1 is 1.36 bits per heavy atom. The summed E-state index contributed by atoms with van der Waals surface area (Å²) in [6.45, 7) is 3.60. The van der Waals surface area contributed by atoms with Gasteiger partial charge in [-0.15, -0.1) is 0 Å². The quantitative estimate of drug-likeness (QED) is 0.285. The van der Waals surface area contributed by atoms with Gasteiger partial charge in [0, 0.05) is 11.8 Å². The molecule has 2 rings (SSSR count). The molecule has 1 aromatic carbocycles. The number of aromatic hydroxyl groups is 1. The summed E-state index contributed by atoms with van der Waals surface area (Å²) < 4.78 is 9.92. The van der Waals surface area contributed by atoms with Crippen molar-refractivity contribution in [3.8, 4) is 5.75 Å². The largest absolute Gasteiger partial charge is 0.507 e. The molecule has 1 unspecified atom stereocenters. The van der Waals surface area contributed by atoms with E-state index in [0.717, 1.165) is 12.1 Å². The number of phenols is 1. The van der Waals surface area contributed by atoms with E-state index >= 15 is 0 Å². The number of nitrogens with zero attached hydrogens (tertiary/aromatic N) is 1. The molecule has 11 heteroatoms. The Hall–Kier alpha value is -3.47. The average molecular weight is 407 g/mol. The van der Waals surface area contributed by atoms with Crippen molar-refractivity contribution >= 4 is 40.8 Å². The first-order valence-corrected chi connectivity index (χ1v) is 8.52. The number of phenolic OH excluding ortho intramolecular Hbond substituents is 1. The lowest BCUT2D eigenvalue weighted by Gasteiger charge is -2.13. The number of amides is 1. The third-order valence-electron chi connectivity index (χ3n) is 3.58. The van der Waals surface area contributed by atoms with Crippen LogP contribution in [0.4, 0.5) is 11.6 Å². The maximum absolute atomic E-state index is 12.0.